The minimum atomic E-state index is 0.342. The number of ether oxygens (including phenoxy) is 1. The van der Waals surface area contributed by atoms with Crippen molar-refractivity contribution in [2.24, 2.45) is 5.90 Å². The molecule has 82 valence electrons. The third-order valence-corrected chi connectivity index (χ3v) is 3.52. The maximum absolute atomic E-state index is 5.90. The lowest BCUT2D eigenvalue weighted by Crippen LogP contribution is -2.16. The van der Waals surface area contributed by atoms with Gasteiger partial charge in [0, 0.05) is 11.3 Å². The van der Waals surface area contributed by atoms with Gasteiger partial charge in [-0.15, -0.1) is 0 Å². The van der Waals surface area contributed by atoms with Crippen LogP contribution in [0.3, 0.4) is 0 Å². The van der Waals surface area contributed by atoms with Crippen LogP contribution < -0.4 is 10.6 Å². The molecule has 1 aromatic carbocycles. The summed E-state index contributed by atoms with van der Waals surface area (Å²) in [7, 11) is 0. The molecule has 1 aliphatic rings. The van der Waals surface area contributed by atoms with Crippen LogP contribution in [0.15, 0.2) is 24.3 Å². The molecule has 1 aliphatic heterocycles. The first-order chi connectivity index (χ1) is 7.40. The number of thioether (sulfide) groups is 1. The van der Waals surface area contributed by atoms with Crippen molar-refractivity contribution in [2.75, 3.05) is 11.5 Å². The molecule has 0 bridgehead atoms. The lowest BCUT2D eigenvalue weighted by atomic mass is 10.2. The highest BCUT2D eigenvalue weighted by molar-refractivity contribution is 7.99. The van der Waals surface area contributed by atoms with E-state index in [9.17, 15) is 0 Å². The fourth-order valence-corrected chi connectivity index (χ4v) is 2.71. The van der Waals surface area contributed by atoms with Crippen LogP contribution in [-0.2, 0) is 11.4 Å². The highest BCUT2D eigenvalue weighted by atomic mass is 32.2. The second-order valence-electron chi connectivity index (χ2n) is 3.52. The summed E-state index contributed by atoms with van der Waals surface area (Å²) in [6.07, 6.45) is 1.47. The molecule has 4 heteroatoms. The van der Waals surface area contributed by atoms with Gasteiger partial charge in [0.2, 0.25) is 0 Å². The molecule has 0 amide bonds. The van der Waals surface area contributed by atoms with Crippen molar-refractivity contribution in [1.82, 2.24) is 0 Å². The molecule has 2 N–H and O–H groups in total. The van der Waals surface area contributed by atoms with E-state index in [0.29, 0.717) is 12.7 Å². The second-order valence-corrected chi connectivity index (χ2v) is 4.67. The van der Waals surface area contributed by atoms with Gasteiger partial charge >= 0.3 is 0 Å². The lowest BCUT2D eigenvalue weighted by molar-refractivity contribution is 0.119. The summed E-state index contributed by atoms with van der Waals surface area (Å²) in [5.74, 6) is 8.25. The topological polar surface area (TPSA) is 44.5 Å². The van der Waals surface area contributed by atoms with E-state index >= 15 is 0 Å². The fraction of sp³-hybridized carbons (Fsp3) is 0.455. The molecule has 1 atom stereocenters. The first-order valence-electron chi connectivity index (χ1n) is 5.04. The maximum Gasteiger partial charge on any atom is 0.125 e. The Morgan fingerprint density at radius 1 is 1.40 bits per heavy atom. The highest BCUT2D eigenvalue weighted by Crippen LogP contribution is 2.25. The van der Waals surface area contributed by atoms with E-state index < -0.39 is 0 Å². The van der Waals surface area contributed by atoms with Gasteiger partial charge in [-0.3, -0.25) is 4.84 Å². The Hall–Kier alpha value is -0.710. The number of hydrogen-bond donors (Lipinski definition) is 1. The first kappa shape index (κ1) is 10.8. The molecule has 1 unspecified atom stereocenters. The fourth-order valence-electron chi connectivity index (χ4n) is 1.61. The molecule has 0 radical (unpaired) electrons. The van der Waals surface area contributed by atoms with Crippen LogP contribution in [0.5, 0.6) is 5.75 Å². The summed E-state index contributed by atoms with van der Waals surface area (Å²) in [6.45, 7) is 0.399. The first-order valence-corrected chi connectivity index (χ1v) is 6.19. The van der Waals surface area contributed by atoms with E-state index in [1.807, 2.05) is 36.0 Å². The molecule has 3 nitrogen and oxygen atoms in total. The van der Waals surface area contributed by atoms with E-state index in [1.54, 1.807) is 0 Å². The van der Waals surface area contributed by atoms with Crippen molar-refractivity contribution < 1.29 is 9.57 Å². The van der Waals surface area contributed by atoms with Gasteiger partial charge in [-0.1, -0.05) is 18.2 Å². The number of nitrogens with two attached hydrogens (primary N) is 1. The Balaban J connectivity index is 2.05. The van der Waals surface area contributed by atoms with E-state index in [1.165, 1.54) is 5.75 Å². The van der Waals surface area contributed by atoms with Gasteiger partial charge in [-0.2, -0.15) is 11.8 Å². The molecule has 0 spiro atoms. The standard InChI is InChI=1S/C11H15NO2S/c12-13-7-9-3-1-2-4-11(9)14-10-5-6-15-8-10/h1-4,10H,5-8,12H2. The molecule has 2 rings (SSSR count). The molecule has 1 fully saturated rings. The Morgan fingerprint density at radius 3 is 3.00 bits per heavy atom. The second kappa shape index (κ2) is 5.39. The number of rotatable bonds is 4. The lowest BCUT2D eigenvalue weighted by Gasteiger charge is -2.15. The zero-order chi connectivity index (χ0) is 10.5. The highest BCUT2D eigenvalue weighted by Gasteiger charge is 2.18. The van der Waals surface area contributed by atoms with Gasteiger partial charge in [-0.25, -0.2) is 5.90 Å². The van der Waals surface area contributed by atoms with Gasteiger partial charge in [-0.05, 0) is 18.2 Å². The summed E-state index contributed by atoms with van der Waals surface area (Å²) < 4.78 is 5.90. The summed E-state index contributed by atoms with van der Waals surface area (Å²) in [5.41, 5.74) is 1.01. The minimum absolute atomic E-state index is 0.342. The van der Waals surface area contributed by atoms with E-state index in [4.69, 9.17) is 10.6 Å². The van der Waals surface area contributed by atoms with Crippen molar-refractivity contribution in [3.63, 3.8) is 0 Å². The van der Waals surface area contributed by atoms with Crippen molar-refractivity contribution in [1.29, 1.82) is 0 Å². The number of benzene rings is 1. The van der Waals surface area contributed by atoms with Gasteiger partial charge < -0.3 is 4.74 Å². The Morgan fingerprint density at radius 2 is 2.27 bits per heavy atom. The van der Waals surface area contributed by atoms with Crippen LogP contribution >= 0.6 is 11.8 Å². The number of hydrogen-bond acceptors (Lipinski definition) is 4. The van der Waals surface area contributed by atoms with Crippen LogP contribution in [0.2, 0.25) is 0 Å². The predicted molar refractivity (Wildman–Crippen MR) is 61.8 cm³/mol. The SMILES string of the molecule is NOCc1ccccc1OC1CCSC1. The normalized spacial score (nSPS) is 20.5. The zero-order valence-electron chi connectivity index (χ0n) is 8.52. The van der Waals surface area contributed by atoms with Gasteiger partial charge in [0.1, 0.15) is 11.9 Å². The molecule has 1 heterocycles. The molecule has 0 saturated carbocycles. The van der Waals surface area contributed by atoms with Crippen molar-refractivity contribution in [2.45, 2.75) is 19.1 Å². The molecule has 0 aliphatic carbocycles. The van der Waals surface area contributed by atoms with E-state index in [2.05, 4.69) is 4.84 Å². The smallest absolute Gasteiger partial charge is 0.125 e. The van der Waals surface area contributed by atoms with Crippen LogP contribution in [0.4, 0.5) is 0 Å². The van der Waals surface area contributed by atoms with Crippen LogP contribution in [0.1, 0.15) is 12.0 Å². The summed E-state index contributed by atoms with van der Waals surface area (Å²) >= 11 is 1.94. The van der Waals surface area contributed by atoms with Crippen LogP contribution in [0, 0.1) is 0 Å². The van der Waals surface area contributed by atoms with Crippen LogP contribution in [-0.4, -0.2) is 17.6 Å². The van der Waals surface area contributed by atoms with Crippen molar-refractivity contribution >= 4 is 11.8 Å². The van der Waals surface area contributed by atoms with E-state index in [0.717, 1.165) is 23.5 Å². The van der Waals surface area contributed by atoms with E-state index in [-0.39, 0.29) is 0 Å². The quantitative estimate of drug-likeness (QED) is 0.796. The van der Waals surface area contributed by atoms with Gasteiger partial charge in [0.25, 0.3) is 0 Å². The van der Waals surface area contributed by atoms with Crippen LogP contribution in [0.25, 0.3) is 0 Å². The zero-order valence-corrected chi connectivity index (χ0v) is 9.33. The molecule has 1 saturated heterocycles. The average Bonchev–Trinajstić information content (AvgIpc) is 2.74. The molecule has 0 aromatic heterocycles. The molecule has 15 heavy (non-hydrogen) atoms. The third-order valence-electron chi connectivity index (χ3n) is 2.39. The third kappa shape index (κ3) is 2.87. The summed E-state index contributed by atoms with van der Waals surface area (Å²) in [5, 5.41) is 0. The Kier molecular flexibility index (Phi) is 3.88. The predicted octanol–water partition coefficient (Wildman–Crippen LogP) is 1.96. The average molecular weight is 225 g/mol. The largest absolute Gasteiger partial charge is 0.489 e. The summed E-state index contributed by atoms with van der Waals surface area (Å²) in [4.78, 5) is 4.65. The van der Waals surface area contributed by atoms with Crippen molar-refractivity contribution in [3.05, 3.63) is 29.8 Å². The minimum Gasteiger partial charge on any atom is -0.489 e. The molecular formula is C11H15NO2S. The molecular weight excluding hydrogens is 210 g/mol. The maximum atomic E-state index is 5.90. The van der Waals surface area contributed by atoms with Crippen molar-refractivity contribution in [3.8, 4) is 5.75 Å². The van der Waals surface area contributed by atoms with Gasteiger partial charge in [0.15, 0.2) is 0 Å². The number of para-hydroxylation sites is 1. The molecule has 1 aromatic rings. The monoisotopic (exact) mass is 225 g/mol. The Bertz CT molecular complexity index is 313. The summed E-state index contributed by atoms with van der Waals surface area (Å²) in [6, 6.07) is 7.88. The Labute approximate surface area is 93.9 Å². The van der Waals surface area contributed by atoms with Gasteiger partial charge in [0.05, 0.1) is 6.61 Å².